The highest BCUT2D eigenvalue weighted by Crippen LogP contribution is 2.33. The Kier molecular flexibility index (Phi) is 11.7. The summed E-state index contributed by atoms with van der Waals surface area (Å²) in [5.74, 6) is -0.477. The molecule has 41 heavy (non-hydrogen) atoms. The van der Waals surface area contributed by atoms with E-state index in [0.717, 1.165) is 26.7 Å². The van der Waals surface area contributed by atoms with Gasteiger partial charge in [-0.3, -0.25) is 13.9 Å². The van der Waals surface area contributed by atoms with E-state index in [2.05, 4.69) is 5.32 Å². The Morgan fingerprint density at radius 2 is 1.63 bits per heavy atom. The highest BCUT2D eigenvalue weighted by molar-refractivity contribution is 7.98. The van der Waals surface area contributed by atoms with Crippen molar-refractivity contribution in [3.05, 3.63) is 83.9 Å². The molecule has 0 unspecified atom stereocenters. The van der Waals surface area contributed by atoms with Crippen LogP contribution in [0.3, 0.4) is 0 Å². The fourth-order valence-corrected chi connectivity index (χ4v) is 6.03. The zero-order valence-corrected chi connectivity index (χ0v) is 25.9. The van der Waals surface area contributed by atoms with E-state index in [-0.39, 0.29) is 23.0 Å². The maximum absolute atomic E-state index is 14.1. The summed E-state index contributed by atoms with van der Waals surface area (Å²) in [5, 5.41) is 2.85. The number of nitrogens with one attached hydrogen (secondary N) is 1. The summed E-state index contributed by atoms with van der Waals surface area (Å²) in [6.45, 7) is 7.80. The largest absolute Gasteiger partial charge is 0.492 e. The molecule has 0 aliphatic rings. The molecule has 1 N–H and O–H groups in total. The summed E-state index contributed by atoms with van der Waals surface area (Å²) in [4.78, 5) is 29.5. The molecule has 220 valence electrons. The van der Waals surface area contributed by atoms with Crippen LogP contribution in [-0.2, 0) is 26.2 Å². The van der Waals surface area contributed by atoms with Crippen molar-refractivity contribution in [1.29, 1.82) is 0 Å². The summed E-state index contributed by atoms with van der Waals surface area (Å²) >= 11 is 1.50. The van der Waals surface area contributed by atoms with Gasteiger partial charge in [0.1, 0.15) is 18.3 Å². The molecule has 0 fully saturated rings. The van der Waals surface area contributed by atoms with Crippen LogP contribution < -0.4 is 14.4 Å². The van der Waals surface area contributed by atoms with Gasteiger partial charge in [0.2, 0.25) is 11.8 Å². The third-order valence-electron chi connectivity index (χ3n) is 6.55. The first kappa shape index (κ1) is 32.0. The van der Waals surface area contributed by atoms with E-state index in [9.17, 15) is 18.0 Å². The lowest BCUT2D eigenvalue weighted by Gasteiger charge is -2.32. The molecule has 0 saturated heterocycles. The van der Waals surface area contributed by atoms with Crippen LogP contribution in [0.1, 0.15) is 38.3 Å². The van der Waals surface area contributed by atoms with Gasteiger partial charge in [-0.25, -0.2) is 8.42 Å². The molecule has 1 atom stereocenters. The van der Waals surface area contributed by atoms with E-state index in [0.29, 0.717) is 18.9 Å². The highest BCUT2D eigenvalue weighted by Gasteiger charge is 2.33. The van der Waals surface area contributed by atoms with Gasteiger partial charge in [0, 0.05) is 18.0 Å². The minimum atomic E-state index is -4.19. The van der Waals surface area contributed by atoms with E-state index in [4.69, 9.17) is 4.74 Å². The number of amides is 2. The molecular formula is C31H39N3O5S2. The van der Waals surface area contributed by atoms with Crippen molar-refractivity contribution in [3.63, 3.8) is 0 Å². The van der Waals surface area contributed by atoms with Crippen molar-refractivity contribution < 1.29 is 22.7 Å². The molecule has 0 heterocycles. The van der Waals surface area contributed by atoms with Gasteiger partial charge < -0.3 is 15.0 Å². The number of aryl methyl sites for hydroxylation is 1. The van der Waals surface area contributed by atoms with Gasteiger partial charge in [-0.2, -0.15) is 0 Å². The number of thioether (sulfide) groups is 1. The fraction of sp³-hybridized carbons (Fsp3) is 0.355. The van der Waals surface area contributed by atoms with Crippen LogP contribution in [0, 0.1) is 6.92 Å². The molecule has 3 rings (SSSR count). The number of nitrogens with zero attached hydrogens (tertiary/aromatic N) is 2. The summed E-state index contributed by atoms with van der Waals surface area (Å²) in [6, 6.07) is 20.1. The maximum Gasteiger partial charge on any atom is 0.264 e. The van der Waals surface area contributed by atoms with Crippen LogP contribution >= 0.6 is 11.8 Å². The van der Waals surface area contributed by atoms with Crippen LogP contribution in [0.15, 0.2) is 82.6 Å². The Hall–Kier alpha value is -3.50. The summed E-state index contributed by atoms with van der Waals surface area (Å²) in [5.41, 5.74) is 2.14. The SMILES string of the molecule is CCCNC(=O)[C@H](C)N(Cc1ccc(C)cc1)C(=O)CN(c1ccccc1OCC)S(=O)(=O)c1ccc(SC)cc1. The van der Waals surface area contributed by atoms with Gasteiger partial charge in [-0.15, -0.1) is 11.8 Å². The number of benzene rings is 3. The van der Waals surface area contributed by atoms with Crippen molar-refractivity contribution in [1.82, 2.24) is 10.2 Å². The topological polar surface area (TPSA) is 96.0 Å². The van der Waals surface area contributed by atoms with E-state index in [1.54, 1.807) is 43.3 Å². The fourth-order valence-electron chi connectivity index (χ4n) is 4.20. The van der Waals surface area contributed by atoms with Crippen LogP contribution in [-0.4, -0.2) is 57.1 Å². The molecule has 2 amide bonds. The average Bonchev–Trinajstić information content (AvgIpc) is 2.98. The third kappa shape index (κ3) is 8.27. The number of hydrogen-bond acceptors (Lipinski definition) is 6. The smallest absolute Gasteiger partial charge is 0.264 e. The molecule has 0 spiro atoms. The molecule has 10 heteroatoms. The number of rotatable bonds is 14. The van der Waals surface area contributed by atoms with E-state index in [1.807, 2.05) is 51.3 Å². The van der Waals surface area contributed by atoms with Crippen LogP contribution in [0.4, 0.5) is 5.69 Å². The van der Waals surface area contributed by atoms with Crippen molar-refractivity contribution in [2.75, 3.05) is 30.3 Å². The average molecular weight is 598 g/mol. The molecule has 0 bridgehead atoms. The Bertz CT molecular complexity index is 1410. The molecule has 0 aromatic heterocycles. The van der Waals surface area contributed by atoms with Crippen molar-refractivity contribution in [2.24, 2.45) is 0 Å². The first-order valence-corrected chi connectivity index (χ1v) is 16.3. The second kappa shape index (κ2) is 14.9. The number of sulfonamides is 1. The summed E-state index contributed by atoms with van der Waals surface area (Å²) < 4.78 is 35.0. The van der Waals surface area contributed by atoms with Crippen molar-refractivity contribution in [2.45, 2.75) is 56.5 Å². The van der Waals surface area contributed by atoms with Gasteiger partial charge in [-0.1, -0.05) is 48.9 Å². The Morgan fingerprint density at radius 1 is 0.976 bits per heavy atom. The lowest BCUT2D eigenvalue weighted by molar-refractivity contribution is -0.139. The monoisotopic (exact) mass is 597 g/mol. The molecule has 0 aliphatic heterocycles. The third-order valence-corrected chi connectivity index (χ3v) is 9.07. The predicted molar refractivity (Wildman–Crippen MR) is 165 cm³/mol. The molecule has 3 aromatic carbocycles. The number of carbonyl (C=O) groups is 2. The lowest BCUT2D eigenvalue weighted by atomic mass is 10.1. The summed E-state index contributed by atoms with van der Waals surface area (Å²) in [6.07, 6.45) is 2.66. The van der Waals surface area contributed by atoms with Crippen molar-refractivity contribution in [3.8, 4) is 5.75 Å². The zero-order valence-electron chi connectivity index (χ0n) is 24.3. The lowest BCUT2D eigenvalue weighted by Crippen LogP contribution is -2.51. The van der Waals surface area contributed by atoms with E-state index < -0.39 is 28.5 Å². The Morgan fingerprint density at radius 3 is 2.24 bits per heavy atom. The number of anilines is 1. The standard InChI is InChI=1S/C31H39N3O5S2/c1-6-20-32-31(36)24(4)33(21-25-14-12-23(3)13-15-25)30(35)22-34(28-10-8-9-11-29(28)39-7-2)41(37,38)27-18-16-26(40-5)17-19-27/h8-19,24H,6-7,20-22H2,1-5H3,(H,32,36)/t24-/m0/s1. The van der Waals surface area contributed by atoms with Crippen LogP contribution in [0.5, 0.6) is 5.75 Å². The first-order chi connectivity index (χ1) is 19.6. The van der Waals surface area contributed by atoms with E-state index >= 15 is 0 Å². The molecule has 3 aromatic rings. The second-order valence-corrected chi connectivity index (χ2v) is 12.3. The maximum atomic E-state index is 14.1. The second-order valence-electron chi connectivity index (χ2n) is 9.56. The first-order valence-electron chi connectivity index (χ1n) is 13.6. The van der Waals surface area contributed by atoms with Gasteiger partial charge >= 0.3 is 0 Å². The van der Waals surface area contributed by atoms with Crippen LogP contribution in [0.25, 0.3) is 0 Å². The number of carbonyl (C=O) groups excluding carboxylic acids is 2. The molecule has 0 aliphatic carbocycles. The Labute approximate surface area is 248 Å². The molecule has 0 saturated carbocycles. The number of hydrogen-bond donors (Lipinski definition) is 1. The zero-order chi connectivity index (χ0) is 30.0. The molecular weight excluding hydrogens is 558 g/mol. The number of para-hydroxylation sites is 2. The van der Waals surface area contributed by atoms with E-state index in [1.165, 1.54) is 28.8 Å². The summed E-state index contributed by atoms with van der Waals surface area (Å²) in [7, 11) is -4.19. The molecule has 8 nitrogen and oxygen atoms in total. The minimum Gasteiger partial charge on any atom is -0.492 e. The minimum absolute atomic E-state index is 0.0493. The number of ether oxygens (including phenoxy) is 1. The van der Waals surface area contributed by atoms with Gasteiger partial charge in [0.25, 0.3) is 10.0 Å². The van der Waals surface area contributed by atoms with Crippen LogP contribution in [0.2, 0.25) is 0 Å². The van der Waals surface area contributed by atoms with Gasteiger partial charge in [0.15, 0.2) is 0 Å². The van der Waals surface area contributed by atoms with Gasteiger partial charge in [-0.05, 0) is 75.4 Å². The Balaban J connectivity index is 2.07. The normalized spacial score (nSPS) is 11.9. The highest BCUT2D eigenvalue weighted by atomic mass is 32.2. The van der Waals surface area contributed by atoms with Gasteiger partial charge in [0.05, 0.1) is 17.2 Å². The predicted octanol–water partition coefficient (Wildman–Crippen LogP) is 5.25. The van der Waals surface area contributed by atoms with Crippen molar-refractivity contribution >= 4 is 39.3 Å². The quantitative estimate of drug-likeness (QED) is 0.255. The molecule has 0 radical (unpaired) electrons.